The number of anilines is 1. The van der Waals surface area contributed by atoms with Gasteiger partial charge in [0.1, 0.15) is 12.4 Å². The number of fused-ring (bicyclic) bond motifs is 2. The third-order valence-electron chi connectivity index (χ3n) is 5.84. The maximum Gasteiger partial charge on any atom is 0.343 e. The first-order valence-corrected chi connectivity index (χ1v) is 10.7. The van der Waals surface area contributed by atoms with E-state index in [1.165, 1.54) is 0 Å². The predicted octanol–water partition coefficient (Wildman–Crippen LogP) is 5.26. The zero-order chi connectivity index (χ0) is 23.0. The van der Waals surface area contributed by atoms with Crippen LogP contribution < -0.4 is 14.8 Å². The monoisotopic (exact) mass is 438 g/mol. The van der Waals surface area contributed by atoms with Gasteiger partial charge in [0.2, 0.25) is 5.91 Å². The van der Waals surface area contributed by atoms with Crippen molar-refractivity contribution in [3.05, 3.63) is 95.7 Å². The molecule has 4 aromatic rings. The fourth-order valence-electron chi connectivity index (χ4n) is 3.85. The molecule has 0 atom stereocenters. The van der Waals surface area contributed by atoms with Gasteiger partial charge in [-0.2, -0.15) is 0 Å². The highest BCUT2D eigenvalue weighted by Gasteiger charge is 2.40. The molecule has 0 saturated heterocycles. The highest BCUT2D eigenvalue weighted by atomic mass is 16.5. The Morgan fingerprint density at radius 2 is 1.73 bits per heavy atom. The fourth-order valence-corrected chi connectivity index (χ4v) is 3.85. The van der Waals surface area contributed by atoms with E-state index >= 15 is 0 Å². The van der Waals surface area contributed by atoms with Crippen molar-refractivity contribution in [1.29, 1.82) is 0 Å². The predicted molar refractivity (Wildman–Crippen MR) is 126 cm³/mol. The van der Waals surface area contributed by atoms with Crippen LogP contribution in [0.3, 0.4) is 0 Å². The number of carbonyl (C=O) groups excluding carboxylic acids is 2. The second-order valence-electron chi connectivity index (χ2n) is 8.46. The number of esters is 1. The molecule has 0 saturated carbocycles. The van der Waals surface area contributed by atoms with Crippen molar-refractivity contribution in [3.8, 4) is 11.5 Å². The van der Waals surface area contributed by atoms with Crippen molar-refractivity contribution >= 4 is 28.5 Å². The molecule has 6 heteroatoms. The molecule has 1 aliphatic rings. The number of carbonyl (C=O) groups is 2. The average Bonchev–Trinajstić information content (AvgIpc) is 3.07. The van der Waals surface area contributed by atoms with Crippen molar-refractivity contribution in [2.24, 2.45) is 0 Å². The molecule has 1 N–H and O–H groups in total. The summed E-state index contributed by atoms with van der Waals surface area (Å²) in [6.07, 6.45) is 0. The Morgan fingerprint density at radius 1 is 0.939 bits per heavy atom. The number of nitrogens with zero attached hydrogens (tertiary/aromatic N) is 1. The molecule has 1 aromatic heterocycles. The van der Waals surface area contributed by atoms with Crippen LogP contribution in [0.2, 0.25) is 0 Å². The molecule has 0 spiro atoms. The molecule has 5 rings (SSSR count). The van der Waals surface area contributed by atoms with Gasteiger partial charge in [-0.05, 0) is 61.9 Å². The van der Waals surface area contributed by atoms with Gasteiger partial charge in [-0.15, -0.1) is 0 Å². The van der Waals surface area contributed by atoms with Gasteiger partial charge in [-0.25, -0.2) is 9.78 Å². The quantitative estimate of drug-likeness (QED) is 0.340. The minimum atomic E-state index is -0.670. The van der Waals surface area contributed by atoms with Crippen LogP contribution in [-0.4, -0.2) is 16.9 Å². The summed E-state index contributed by atoms with van der Waals surface area (Å²) in [6.45, 7) is 4.00. The van der Waals surface area contributed by atoms with E-state index in [1.807, 2.05) is 56.3 Å². The largest absolute Gasteiger partial charge is 0.487 e. The van der Waals surface area contributed by atoms with Crippen molar-refractivity contribution in [2.45, 2.75) is 25.9 Å². The Balaban J connectivity index is 1.26. The third kappa shape index (κ3) is 3.91. The first kappa shape index (κ1) is 20.7. The first-order chi connectivity index (χ1) is 15.9. The average molecular weight is 438 g/mol. The molecule has 0 radical (unpaired) electrons. The molecule has 0 fully saturated rings. The van der Waals surface area contributed by atoms with Crippen molar-refractivity contribution < 1.29 is 19.1 Å². The molecular weight excluding hydrogens is 416 g/mol. The van der Waals surface area contributed by atoms with Gasteiger partial charge in [-0.3, -0.25) is 4.79 Å². The van der Waals surface area contributed by atoms with E-state index in [-0.39, 0.29) is 5.91 Å². The van der Waals surface area contributed by atoms with Gasteiger partial charge in [0.25, 0.3) is 0 Å². The van der Waals surface area contributed by atoms with Gasteiger partial charge in [0.05, 0.1) is 27.9 Å². The number of ether oxygens (including phenoxy) is 2. The number of para-hydroxylation sites is 2. The van der Waals surface area contributed by atoms with E-state index in [2.05, 4.69) is 10.3 Å². The summed E-state index contributed by atoms with van der Waals surface area (Å²) in [5.74, 6) is 0.323. The van der Waals surface area contributed by atoms with Crippen molar-refractivity contribution in [1.82, 2.24) is 4.98 Å². The zero-order valence-electron chi connectivity index (χ0n) is 18.3. The Bertz CT molecular complexity index is 1380. The van der Waals surface area contributed by atoms with Gasteiger partial charge in [0.15, 0.2) is 5.75 Å². The zero-order valence-corrected chi connectivity index (χ0v) is 18.3. The minimum Gasteiger partial charge on any atom is -0.487 e. The van der Waals surface area contributed by atoms with Crippen LogP contribution in [0.25, 0.3) is 10.9 Å². The molecule has 6 nitrogen and oxygen atoms in total. The number of benzene rings is 3. The number of rotatable bonds is 5. The molecule has 0 bridgehead atoms. The summed E-state index contributed by atoms with van der Waals surface area (Å²) in [6, 6.07) is 23.9. The second-order valence-corrected chi connectivity index (χ2v) is 8.46. The second kappa shape index (κ2) is 8.06. The molecule has 3 aromatic carbocycles. The number of nitrogens with one attached hydrogen (secondary N) is 1. The molecule has 1 aliphatic heterocycles. The highest BCUT2D eigenvalue weighted by molar-refractivity contribution is 6.07. The number of amides is 1. The maximum absolute atomic E-state index is 12.7. The van der Waals surface area contributed by atoms with Crippen molar-refractivity contribution in [2.75, 3.05) is 5.32 Å². The number of hydrogen-bond donors (Lipinski definition) is 1. The van der Waals surface area contributed by atoms with E-state index in [0.717, 1.165) is 22.2 Å². The Hall–Kier alpha value is -4.19. The van der Waals surface area contributed by atoms with E-state index < -0.39 is 11.4 Å². The Morgan fingerprint density at radius 3 is 2.55 bits per heavy atom. The number of pyridine rings is 1. The first-order valence-electron chi connectivity index (χ1n) is 10.7. The number of aromatic nitrogens is 1. The van der Waals surface area contributed by atoms with E-state index in [9.17, 15) is 9.59 Å². The van der Waals surface area contributed by atoms with E-state index in [1.54, 1.807) is 36.4 Å². The third-order valence-corrected chi connectivity index (χ3v) is 5.84. The molecule has 33 heavy (non-hydrogen) atoms. The lowest BCUT2D eigenvalue weighted by molar-refractivity contribution is -0.119. The standard InChI is InChI=1S/C27H22N2O4/c1-27(2)21-7-5-9-23(24(21)29-26(27)31)33-25(30)18-11-14-20(15-12-18)32-16-19-13-10-17-6-3-4-8-22(17)28-19/h3-15H,16H2,1-2H3,(H,29,31). The van der Waals surface area contributed by atoms with Gasteiger partial charge >= 0.3 is 5.97 Å². The Kier molecular flexibility index (Phi) is 5.05. The summed E-state index contributed by atoms with van der Waals surface area (Å²) in [4.78, 5) is 29.5. The topological polar surface area (TPSA) is 77.5 Å². The van der Waals surface area contributed by atoms with Crippen LogP contribution in [0.5, 0.6) is 11.5 Å². The van der Waals surface area contributed by atoms with Crippen LogP contribution in [0.15, 0.2) is 78.9 Å². The van der Waals surface area contributed by atoms with Crippen LogP contribution in [0, 0.1) is 0 Å². The Labute approximate surface area is 191 Å². The molecule has 0 aliphatic carbocycles. The molecule has 1 amide bonds. The minimum absolute atomic E-state index is 0.122. The SMILES string of the molecule is CC1(C)C(=O)Nc2c(OC(=O)c3ccc(OCc4ccc5ccccc5n4)cc3)cccc21. The summed E-state index contributed by atoms with van der Waals surface area (Å²) in [5, 5.41) is 3.90. The van der Waals surface area contributed by atoms with Gasteiger partial charge in [-0.1, -0.05) is 36.4 Å². The molecular formula is C27H22N2O4. The number of hydrogen-bond acceptors (Lipinski definition) is 5. The van der Waals surface area contributed by atoms with Crippen LogP contribution in [0.4, 0.5) is 5.69 Å². The van der Waals surface area contributed by atoms with Crippen LogP contribution >= 0.6 is 0 Å². The smallest absolute Gasteiger partial charge is 0.343 e. The maximum atomic E-state index is 12.7. The highest BCUT2D eigenvalue weighted by Crippen LogP contribution is 2.42. The van der Waals surface area contributed by atoms with Crippen LogP contribution in [-0.2, 0) is 16.8 Å². The molecule has 164 valence electrons. The summed E-state index contributed by atoms with van der Waals surface area (Å²) < 4.78 is 11.4. The van der Waals surface area contributed by atoms with E-state index in [4.69, 9.17) is 9.47 Å². The lowest BCUT2D eigenvalue weighted by Gasteiger charge is -2.15. The van der Waals surface area contributed by atoms with Crippen LogP contribution in [0.1, 0.15) is 35.5 Å². The lowest BCUT2D eigenvalue weighted by atomic mass is 9.86. The fraction of sp³-hybridized carbons (Fsp3) is 0.148. The molecule has 0 unspecified atom stereocenters. The lowest BCUT2D eigenvalue weighted by Crippen LogP contribution is -2.26. The summed E-state index contributed by atoms with van der Waals surface area (Å²) >= 11 is 0. The molecule has 2 heterocycles. The van der Waals surface area contributed by atoms with Gasteiger partial charge in [0, 0.05) is 5.39 Å². The van der Waals surface area contributed by atoms with E-state index in [0.29, 0.717) is 29.4 Å². The normalized spacial score (nSPS) is 13.9. The van der Waals surface area contributed by atoms with Crippen molar-refractivity contribution in [3.63, 3.8) is 0 Å². The van der Waals surface area contributed by atoms with Gasteiger partial charge < -0.3 is 14.8 Å². The summed E-state index contributed by atoms with van der Waals surface area (Å²) in [5.41, 5.74) is 2.81. The summed E-state index contributed by atoms with van der Waals surface area (Å²) in [7, 11) is 0.